The lowest BCUT2D eigenvalue weighted by Gasteiger charge is -2.35. The van der Waals surface area contributed by atoms with E-state index in [9.17, 15) is 14.7 Å². The van der Waals surface area contributed by atoms with Crippen molar-refractivity contribution >= 4 is 11.9 Å². The Kier molecular flexibility index (Phi) is 2.52. The number of aliphatic carboxylic acids is 1. The molecule has 1 aromatic rings. The van der Waals surface area contributed by atoms with Gasteiger partial charge in [-0.3, -0.25) is 9.59 Å². The van der Waals surface area contributed by atoms with E-state index in [1.807, 2.05) is 24.3 Å². The number of carboxylic acids is 1. The minimum Gasteiger partial charge on any atom is -0.492 e. The molecule has 0 spiro atoms. The van der Waals surface area contributed by atoms with Gasteiger partial charge in [-0.1, -0.05) is 18.2 Å². The van der Waals surface area contributed by atoms with Crippen molar-refractivity contribution in [3.63, 3.8) is 0 Å². The molecular weight excluding hydrogens is 246 g/mol. The molecule has 0 aliphatic carbocycles. The SMILES string of the molecule is CC(=O)N1C[C@H]2c3ccccc3OC[C@@]2(C(=O)O)C1. The maximum atomic E-state index is 11.7. The van der Waals surface area contributed by atoms with Gasteiger partial charge < -0.3 is 14.7 Å². The van der Waals surface area contributed by atoms with Crippen molar-refractivity contribution in [2.45, 2.75) is 12.8 Å². The molecule has 0 radical (unpaired) electrons. The normalized spacial score (nSPS) is 28.3. The summed E-state index contributed by atoms with van der Waals surface area (Å²) in [7, 11) is 0. The van der Waals surface area contributed by atoms with Crippen molar-refractivity contribution < 1.29 is 19.4 Å². The number of rotatable bonds is 1. The van der Waals surface area contributed by atoms with Gasteiger partial charge in [0.1, 0.15) is 17.8 Å². The van der Waals surface area contributed by atoms with Gasteiger partial charge in [0.2, 0.25) is 5.91 Å². The predicted octanol–water partition coefficient (Wildman–Crippen LogP) is 1.10. The molecule has 19 heavy (non-hydrogen) atoms. The van der Waals surface area contributed by atoms with Gasteiger partial charge >= 0.3 is 5.97 Å². The zero-order valence-corrected chi connectivity index (χ0v) is 10.6. The quantitative estimate of drug-likeness (QED) is 0.822. The first-order chi connectivity index (χ1) is 9.04. The van der Waals surface area contributed by atoms with E-state index < -0.39 is 11.4 Å². The number of carbonyl (C=O) groups excluding carboxylic acids is 1. The summed E-state index contributed by atoms with van der Waals surface area (Å²) in [5.74, 6) is -0.447. The number of carboxylic acid groups (broad SMARTS) is 1. The van der Waals surface area contributed by atoms with Crippen LogP contribution in [0.2, 0.25) is 0 Å². The molecule has 0 saturated carbocycles. The Bertz CT molecular complexity index is 556. The van der Waals surface area contributed by atoms with Crippen LogP contribution in [0.3, 0.4) is 0 Å². The monoisotopic (exact) mass is 261 g/mol. The van der Waals surface area contributed by atoms with Crippen LogP contribution in [0.4, 0.5) is 0 Å². The molecule has 100 valence electrons. The summed E-state index contributed by atoms with van der Waals surface area (Å²) < 4.78 is 5.61. The summed E-state index contributed by atoms with van der Waals surface area (Å²) >= 11 is 0. The minimum absolute atomic E-state index is 0.0903. The van der Waals surface area contributed by atoms with Crippen LogP contribution in [-0.2, 0) is 9.59 Å². The first-order valence-corrected chi connectivity index (χ1v) is 6.25. The Morgan fingerprint density at radius 2 is 2.16 bits per heavy atom. The number of hydrogen-bond acceptors (Lipinski definition) is 3. The van der Waals surface area contributed by atoms with Crippen molar-refractivity contribution in [1.82, 2.24) is 4.90 Å². The Hall–Kier alpha value is -2.04. The van der Waals surface area contributed by atoms with Gasteiger partial charge in [-0.2, -0.15) is 0 Å². The highest BCUT2D eigenvalue weighted by Gasteiger charge is 2.57. The van der Waals surface area contributed by atoms with Crippen molar-refractivity contribution in [3.05, 3.63) is 29.8 Å². The summed E-state index contributed by atoms with van der Waals surface area (Å²) in [5.41, 5.74) is -0.125. The average Bonchev–Trinajstić information content (AvgIpc) is 2.80. The van der Waals surface area contributed by atoms with Crippen LogP contribution in [0.5, 0.6) is 5.75 Å². The Morgan fingerprint density at radius 1 is 1.42 bits per heavy atom. The summed E-state index contributed by atoms with van der Waals surface area (Å²) in [4.78, 5) is 24.9. The average molecular weight is 261 g/mol. The lowest BCUT2D eigenvalue weighted by Crippen LogP contribution is -2.45. The lowest BCUT2D eigenvalue weighted by molar-refractivity contribution is -0.152. The fourth-order valence-corrected chi connectivity index (χ4v) is 3.08. The third-order valence-electron chi connectivity index (χ3n) is 4.19. The van der Waals surface area contributed by atoms with E-state index in [1.165, 1.54) is 6.92 Å². The molecule has 2 atom stereocenters. The minimum atomic E-state index is -1.01. The Labute approximate surface area is 110 Å². The van der Waals surface area contributed by atoms with Crippen LogP contribution in [0.15, 0.2) is 24.3 Å². The van der Waals surface area contributed by atoms with Crippen LogP contribution in [0.1, 0.15) is 18.4 Å². The molecule has 0 bridgehead atoms. The number of benzene rings is 1. The van der Waals surface area contributed by atoms with Crippen molar-refractivity contribution in [2.75, 3.05) is 19.7 Å². The predicted molar refractivity (Wildman–Crippen MR) is 67.0 cm³/mol. The first-order valence-electron chi connectivity index (χ1n) is 6.25. The van der Waals surface area contributed by atoms with E-state index in [0.29, 0.717) is 6.54 Å². The molecular formula is C14H15NO4. The van der Waals surface area contributed by atoms with Crippen LogP contribution < -0.4 is 4.74 Å². The van der Waals surface area contributed by atoms with Crippen LogP contribution >= 0.6 is 0 Å². The summed E-state index contributed by atoms with van der Waals surface area (Å²) in [6.45, 7) is 2.26. The van der Waals surface area contributed by atoms with Crippen LogP contribution in [0.25, 0.3) is 0 Å². The maximum Gasteiger partial charge on any atom is 0.315 e. The maximum absolute atomic E-state index is 11.7. The van der Waals surface area contributed by atoms with Crippen molar-refractivity contribution in [1.29, 1.82) is 0 Å². The number of amides is 1. The molecule has 5 heteroatoms. The van der Waals surface area contributed by atoms with Gasteiger partial charge in [-0.25, -0.2) is 0 Å². The lowest BCUT2D eigenvalue weighted by atomic mass is 9.73. The smallest absolute Gasteiger partial charge is 0.315 e. The fourth-order valence-electron chi connectivity index (χ4n) is 3.08. The van der Waals surface area contributed by atoms with Gasteiger partial charge in [0.15, 0.2) is 0 Å². The van der Waals surface area contributed by atoms with E-state index >= 15 is 0 Å². The van der Waals surface area contributed by atoms with E-state index in [0.717, 1.165) is 11.3 Å². The molecule has 2 aliphatic heterocycles. The van der Waals surface area contributed by atoms with E-state index in [4.69, 9.17) is 4.74 Å². The summed E-state index contributed by atoms with van der Waals surface area (Å²) in [6, 6.07) is 7.47. The Morgan fingerprint density at radius 3 is 2.84 bits per heavy atom. The molecule has 1 saturated heterocycles. The molecule has 1 amide bonds. The highest BCUT2D eigenvalue weighted by atomic mass is 16.5. The van der Waals surface area contributed by atoms with Gasteiger partial charge in [0, 0.05) is 31.5 Å². The molecule has 1 fully saturated rings. The highest BCUT2D eigenvalue weighted by molar-refractivity contribution is 5.82. The molecule has 2 heterocycles. The summed E-state index contributed by atoms with van der Waals surface area (Å²) in [6.07, 6.45) is 0. The van der Waals surface area contributed by atoms with Gasteiger partial charge in [0.05, 0.1) is 0 Å². The topological polar surface area (TPSA) is 66.8 Å². The number of nitrogens with zero attached hydrogens (tertiary/aromatic N) is 1. The molecule has 5 nitrogen and oxygen atoms in total. The highest BCUT2D eigenvalue weighted by Crippen LogP contribution is 2.49. The number of likely N-dealkylation sites (tertiary alicyclic amines) is 1. The van der Waals surface area contributed by atoms with Gasteiger partial charge in [-0.05, 0) is 6.07 Å². The largest absolute Gasteiger partial charge is 0.492 e. The molecule has 1 aromatic carbocycles. The molecule has 3 rings (SSSR count). The first kappa shape index (κ1) is 12.0. The van der Waals surface area contributed by atoms with E-state index in [1.54, 1.807) is 4.90 Å². The van der Waals surface area contributed by atoms with E-state index in [2.05, 4.69) is 0 Å². The van der Waals surface area contributed by atoms with Gasteiger partial charge in [0.25, 0.3) is 0 Å². The molecule has 0 unspecified atom stereocenters. The molecule has 2 aliphatic rings. The van der Waals surface area contributed by atoms with Crippen LogP contribution in [0, 0.1) is 5.41 Å². The second-order valence-electron chi connectivity index (χ2n) is 5.24. The second kappa shape index (κ2) is 3.98. The second-order valence-corrected chi connectivity index (χ2v) is 5.24. The third kappa shape index (κ3) is 1.61. The molecule has 1 N–H and O–H groups in total. The molecule has 0 aromatic heterocycles. The number of hydrogen-bond donors (Lipinski definition) is 1. The number of ether oxygens (including phenoxy) is 1. The number of fused-ring (bicyclic) bond motifs is 3. The fraction of sp³-hybridized carbons (Fsp3) is 0.429. The van der Waals surface area contributed by atoms with Crippen molar-refractivity contribution in [3.8, 4) is 5.75 Å². The van der Waals surface area contributed by atoms with Crippen LogP contribution in [-0.4, -0.2) is 41.6 Å². The number of carbonyl (C=O) groups is 2. The van der Waals surface area contributed by atoms with Gasteiger partial charge in [-0.15, -0.1) is 0 Å². The van der Waals surface area contributed by atoms with E-state index in [-0.39, 0.29) is 25.0 Å². The standard InChI is InChI=1S/C14H15NO4/c1-9(16)15-6-11-10-4-2-3-5-12(10)19-8-14(11,7-15)13(17)18/h2-5,11H,6-8H2,1H3,(H,17,18)/t11-,14-/m0/s1. The number of para-hydroxylation sites is 1. The third-order valence-corrected chi connectivity index (χ3v) is 4.19. The zero-order valence-electron chi connectivity index (χ0n) is 10.6. The zero-order chi connectivity index (χ0) is 13.6. The van der Waals surface area contributed by atoms with Crippen molar-refractivity contribution in [2.24, 2.45) is 5.41 Å². The summed E-state index contributed by atoms with van der Waals surface area (Å²) in [5, 5.41) is 9.61. The Balaban J connectivity index is 2.08.